The summed E-state index contributed by atoms with van der Waals surface area (Å²) in [7, 11) is 0. The Kier molecular flexibility index (Phi) is 3.94. The molecule has 0 unspecified atom stereocenters. The fourth-order valence-electron chi connectivity index (χ4n) is 5.78. The third-order valence-electron chi connectivity index (χ3n) is 7.30. The third-order valence-corrected chi connectivity index (χ3v) is 7.30. The zero-order valence-corrected chi connectivity index (χ0v) is 19.5. The molecule has 3 heterocycles. The molecular formula is C33H21N3. The van der Waals surface area contributed by atoms with Gasteiger partial charge in [-0.25, -0.2) is 4.98 Å². The van der Waals surface area contributed by atoms with Gasteiger partial charge in [0.25, 0.3) is 0 Å². The SMILES string of the molecule is c1ccc(-n2c3ccccc3c3ccc4c(c5ccccc5n4-c4ccc5ccccc5n4)c32)cc1. The molecule has 8 aromatic rings. The van der Waals surface area contributed by atoms with Crippen molar-refractivity contribution in [2.45, 2.75) is 0 Å². The van der Waals surface area contributed by atoms with Gasteiger partial charge in [0.05, 0.1) is 27.6 Å². The molecular weight excluding hydrogens is 438 g/mol. The predicted octanol–water partition coefficient (Wildman–Crippen LogP) is 8.43. The van der Waals surface area contributed by atoms with Gasteiger partial charge in [-0.1, -0.05) is 78.9 Å². The van der Waals surface area contributed by atoms with E-state index in [1.165, 1.54) is 32.6 Å². The van der Waals surface area contributed by atoms with Crippen LogP contribution in [-0.2, 0) is 0 Å². The Hall–Kier alpha value is -4.89. The molecule has 0 spiro atoms. The summed E-state index contributed by atoms with van der Waals surface area (Å²) in [6.07, 6.45) is 0. The summed E-state index contributed by atoms with van der Waals surface area (Å²) >= 11 is 0. The second-order valence-electron chi connectivity index (χ2n) is 9.26. The minimum atomic E-state index is 0.932. The Labute approximate surface area is 207 Å². The highest BCUT2D eigenvalue weighted by molar-refractivity contribution is 6.26. The summed E-state index contributed by atoms with van der Waals surface area (Å²) in [5.74, 6) is 0.932. The molecule has 8 rings (SSSR count). The molecule has 0 radical (unpaired) electrons. The number of hydrogen-bond acceptors (Lipinski definition) is 1. The summed E-state index contributed by atoms with van der Waals surface area (Å²) in [6.45, 7) is 0. The molecule has 3 aromatic heterocycles. The van der Waals surface area contributed by atoms with Crippen molar-refractivity contribution in [2.24, 2.45) is 0 Å². The molecule has 0 atom stereocenters. The molecule has 0 aliphatic carbocycles. The Morgan fingerprint density at radius 3 is 2.00 bits per heavy atom. The fraction of sp³-hybridized carbons (Fsp3) is 0. The smallest absolute Gasteiger partial charge is 0.138 e. The van der Waals surface area contributed by atoms with Crippen LogP contribution in [0.3, 0.4) is 0 Å². The van der Waals surface area contributed by atoms with Crippen molar-refractivity contribution >= 4 is 54.5 Å². The summed E-state index contributed by atoms with van der Waals surface area (Å²) < 4.78 is 4.72. The van der Waals surface area contributed by atoms with Gasteiger partial charge in [-0.05, 0) is 48.5 Å². The number of benzene rings is 5. The van der Waals surface area contributed by atoms with Gasteiger partial charge in [-0.3, -0.25) is 4.57 Å². The lowest BCUT2D eigenvalue weighted by Crippen LogP contribution is -1.97. The van der Waals surface area contributed by atoms with E-state index in [-0.39, 0.29) is 0 Å². The zero-order chi connectivity index (χ0) is 23.6. The molecule has 168 valence electrons. The summed E-state index contributed by atoms with van der Waals surface area (Å²) in [5.41, 5.74) is 6.93. The Morgan fingerprint density at radius 1 is 0.444 bits per heavy atom. The Bertz CT molecular complexity index is 2100. The highest BCUT2D eigenvalue weighted by Gasteiger charge is 2.20. The van der Waals surface area contributed by atoms with Gasteiger partial charge >= 0.3 is 0 Å². The van der Waals surface area contributed by atoms with Crippen LogP contribution in [0, 0.1) is 0 Å². The average molecular weight is 460 g/mol. The van der Waals surface area contributed by atoms with Gasteiger partial charge in [0.15, 0.2) is 0 Å². The third kappa shape index (κ3) is 2.60. The van der Waals surface area contributed by atoms with Gasteiger partial charge in [0, 0.05) is 32.6 Å². The Balaban J connectivity index is 1.59. The largest absolute Gasteiger partial charge is 0.309 e. The predicted molar refractivity (Wildman–Crippen MR) is 150 cm³/mol. The first-order valence-corrected chi connectivity index (χ1v) is 12.3. The van der Waals surface area contributed by atoms with E-state index in [2.05, 4.69) is 130 Å². The molecule has 5 aromatic carbocycles. The molecule has 36 heavy (non-hydrogen) atoms. The van der Waals surface area contributed by atoms with Crippen LogP contribution in [0.5, 0.6) is 0 Å². The van der Waals surface area contributed by atoms with Crippen molar-refractivity contribution in [3.05, 3.63) is 127 Å². The van der Waals surface area contributed by atoms with E-state index in [1.807, 2.05) is 6.07 Å². The van der Waals surface area contributed by atoms with Crippen molar-refractivity contribution in [1.29, 1.82) is 0 Å². The van der Waals surface area contributed by atoms with Crippen molar-refractivity contribution in [3.8, 4) is 11.5 Å². The lowest BCUT2D eigenvalue weighted by atomic mass is 10.1. The van der Waals surface area contributed by atoms with Crippen LogP contribution < -0.4 is 0 Å². The number of aromatic nitrogens is 3. The number of pyridine rings is 1. The summed E-state index contributed by atoms with van der Waals surface area (Å²) in [5, 5.41) is 6.15. The van der Waals surface area contributed by atoms with E-state index in [0.29, 0.717) is 0 Å². The molecule has 0 bridgehead atoms. The summed E-state index contributed by atoms with van der Waals surface area (Å²) in [4.78, 5) is 5.08. The molecule has 0 N–H and O–H groups in total. The lowest BCUT2D eigenvalue weighted by Gasteiger charge is -2.10. The molecule has 3 heteroatoms. The first-order valence-electron chi connectivity index (χ1n) is 12.3. The van der Waals surface area contributed by atoms with Crippen LogP contribution in [-0.4, -0.2) is 14.1 Å². The van der Waals surface area contributed by atoms with Crippen molar-refractivity contribution in [3.63, 3.8) is 0 Å². The van der Waals surface area contributed by atoms with E-state index in [0.717, 1.165) is 33.4 Å². The van der Waals surface area contributed by atoms with E-state index in [1.54, 1.807) is 0 Å². The second kappa shape index (κ2) is 7.30. The number of rotatable bonds is 2. The summed E-state index contributed by atoms with van der Waals surface area (Å²) in [6, 6.07) is 45.2. The first-order chi connectivity index (χ1) is 17.9. The molecule has 3 nitrogen and oxygen atoms in total. The van der Waals surface area contributed by atoms with Crippen LogP contribution in [0.2, 0.25) is 0 Å². The maximum atomic E-state index is 5.08. The van der Waals surface area contributed by atoms with Crippen LogP contribution in [0.25, 0.3) is 66.0 Å². The van der Waals surface area contributed by atoms with Crippen molar-refractivity contribution in [1.82, 2.24) is 14.1 Å². The number of para-hydroxylation sites is 4. The van der Waals surface area contributed by atoms with Gasteiger partial charge in [0.2, 0.25) is 0 Å². The standard InChI is InChI=1S/C33H21N3/c1-2-11-23(12-3-1)35-28-16-8-5-13-24(28)25-19-20-30-32(33(25)35)26-14-6-9-17-29(26)36(30)31-21-18-22-10-4-7-15-27(22)34-31/h1-21H. The van der Waals surface area contributed by atoms with Gasteiger partial charge < -0.3 is 4.57 Å². The highest BCUT2D eigenvalue weighted by Crippen LogP contribution is 2.41. The molecule has 0 aliphatic heterocycles. The van der Waals surface area contributed by atoms with Gasteiger partial charge in [-0.15, -0.1) is 0 Å². The lowest BCUT2D eigenvalue weighted by molar-refractivity contribution is 1.10. The second-order valence-corrected chi connectivity index (χ2v) is 9.26. The molecule has 0 fully saturated rings. The van der Waals surface area contributed by atoms with Crippen molar-refractivity contribution in [2.75, 3.05) is 0 Å². The number of fused-ring (bicyclic) bond motifs is 8. The number of nitrogens with zero attached hydrogens (tertiary/aromatic N) is 3. The fourth-order valence-corrected chi connectivity index (χ4v) is 5.78. The van der Waals surface area contributed by atoms with Crippen LogP contribution in [0.4, 0.5) is 0 Å². The van der Waals surface area contributed by atoms with Gasteiger partial charge in [-0.2, -0.15) is 0 Å². The quantitative estimate of drug-likeness (QED) is 0.254. The zero-order valence-electron chi connectivity index (χ0n) is 19.5. The monoisotopic (exact) mass is 459 g/mol. The van der Waals surface area contributed by atoms with E-state index in [4.69, 9.17) is 4.98 Å². The Morgan fingerprint density at radius 2 is 1.14 bits per heavy atom. The topological polar surface area (TPSA) is 22.8 Å². The van der Waals surface area contributed by atoms with Crippen molar-refractivity contribution < 1.29 is 0 Å². The maximum absolute atomic E-state index is 5.08. The molecule has 0 aliphatic rings. The normalized spacial score (nSPS) is 11.9. The van der Waals surface area contributed by atoms with Crippen LogP contribution in [0.15, 0.2) is 127 Å². The van der Waals surface area contributed by atoms with Gasteiger partial charge in [0.1, 0.15) is 5.82 Å². The van der Waals surface area contributed by atoms with Crippen LogP contribution >= 0.6 is 0 Å². The molecule has 0 amide bonds. The highest BCUT2D eigenvalue weighted by atomic mass is 15.1. The minimum Gasteiger partial charge on any atom is -0.309 e. The molecule has 0 saturated heterocycles. The van der Waals surface area contributed by atoms with E-state index < -0.39 is 0 Å². The maximum Gasteiger partial charge on any atom is 0.138 e. The first kappa shape index (κ1) is 19.4. The van der Waals surface area contributed by atoms with E-state index in [9.17, 15) is 0 Å². The minimum absolute atomic E-state index is 0.932. The van der Waals surface area contributed by atoms with E-state index >= 15 is 0 Å². The molecule has 0 saturated carbocycles. The number of hydrogen-bond donors (Lipinski definition) is 0. The average Bonchev–Trinajstić information content (AvgIpc) is 3.46. The van der Waals surface area contributed by atoms with Crippen LogP contribution in [0.1, 0.15) is 0 Å².